The third kappa shape index (κ3) is 5.97. The van der Waals surface area contributed by atoms with E-state index in [0.717, 1.165) is 25.8 Å². The smallest absolute Gasteiger partial charge is 0.412 e. The van der Waals surface area contributed by atoms with Gasteiger partial charge < -0.3 is 14.4 Å². The molecule has 164 valence electrons. The molecule has 3 rings (SSSR count). The molecule has 1 heterocycles. The van der Waals surface area contributed by atoms with E-state index in [2.05, 4.69) is 5.32 Å². The largest absolute Gasteiger partial charge is 0.452 e. The molecule has 0 spiro atoms. The van der Waals surface area contributed by atoms with Crippen molar-refractivity contribution in [3.05, 3.63) is 29.8 Å². The molecule has 1 aliphatic carbocycles. The Kier molecular flexibility index (Phi) is 7.00. The highest BCUT2D eigenvalue weighted by Crippen LogP contribution is 2.35. The van der Waals surface area contributed by atoms with Crippen LogP contribution in [0.25, 0.3) is 0 Å². The average molecular weight is 417 g/mol. The maximum absolute atomic E-state index is 12.7. The van der Waals surface area contributed by atoms with Crippen molar-refractivity contribution in [1.82, 2.24) is 4.90 Å². The molecule has 30 heavy (non-hydrogen) atoms. The molecule has 0 unspecified atom stereocenters. The molecule has 1 saturated carbocycles. The number of piperidine rings is 1. The molecule has 2 aliphatic rings. The first-order valence-corrected chi connectivity index (χ1v) is 10.8. The van der Waals surface area contributed by atoms with Crippen molar-refractivity contribution < 1.29 is 23.9 Å². The highest BCUT2D eigenvalue weighted by molar-refractivity contribution is 5.93. The van der Waals surface area contributed by atoms with Crippen LogP contribution in [0.1, 0.15) is 69.7 Å². The maximum Gasteiger partial charge on any atom is 0.412 e. The van der Waals surface area contributed by atoms with Gasteiger partial charge in [0.2, 0.25) is 0 Å². The topological polar surface area (TPSA) is 84.9 Å². The first-order valence-electron chi connectivity index (χ1n) is 10.8. The van der Waals surface area contributed by atoms with Crippen molar-refractivity contribution in [2.75, 3.05) is 18.5 Å². The number of anilines is 1. The average Bonchev–Trinajstić information content (AvgIpc) is 2.70. The second-order valence-electron chi connectivity index (χ2n) is 9.13. The summed E-state index contributed by atoms with van der Waals surface area (Å²) >= 11 is 0. The van der Waals surface area contributed by atoms with Gasteiger partial charge in [-0.3, -0.25) is 10.1 Å². The van der Waals surface area contributed by atoms with Crippen LogP contribution in [0.4, 0.5) is 10.5 Å². The molecule has 1 aromatic carbocycles. The number of rotatable bonds is 4. The zero-order valence-electron chi connectivity index (χ0n) is 18.1. The molecule has 1 N–H and O–H groups in total. The molecule has 2 fully saturated rings. The zero-order chi connectivity index (χ0) is 21.7. The van der Waals surface area contributed by atoms with Gasteiger partial charge in [-0.05, 0) is 70.6 Å². The molecule has 1 saturated heterocycles. The van der Waals surface area contributed by atoms with Crippen molar-refractivity contribution in [3.8, 4) is 0 Å². The van der Waals surface area contributed by atoms with Gasteiger partial charge in [-0.1, -0.05) is 18.9 Å². The van der Waals surface area contributed by atoms with Crippen LogP contribution in [0.15, 0.2) is 24.3 Å². The van der Waals surface area contributed by atoms with Crippen molar-refractivity contribution in [2.24, 2.45) is 5.92 Å². The van der Waals surface area contributed by atoms with Crippen molar-refractivity contribution in [1.29, 1.82) is 0 Å². The Bertz CT molecular complexity index is 784. The Labute approximate surface area is 178 Å². The summed E-state index contributed by atoms with van der Waals surface area (Å²) in [5.74, 6) is -0.126. The summed E-state index contributed by atoms with van der Waals surface area (Å²) in [6.07, 6.45) is 6.23. The molecule has 7 nitrogen and oxygen atoms in total. The van der Waals surface area contributed by atoms with Gasteiger partial charge in [-0.2, -0.15) is 0 Å². The molecule has 2 atom stereocenters. The van der Waals surface area contributed by atoms with E-state index in [0.29, 0.717) is 17.6 Å². The van der Waals surface area contributed by atoms with E-state index in [9.17, 15) is 14.4 Å². The number of ether oxygens (including phenoxy) is 2. The van der Waals surface area contributed by atoms with Crippen LogP contribution < -0.4 is 5.32 Å². The van der Waals surface area contributed by atoms with Crippen molar-refractivity contribution in [2.45, 2.75) is 70.9 Å². The molecule has 1 aromatic rings. The van der Waals surface area contributed by atoms with Gasteiger partial charge in [0.1, 0.15) is 5.60 Å². The van der Waals surface area contributed by atoms with Crippen LogP contribution in [-0.4, -0.2) is 47.7 Å². The Hall–Kier alpha value is -2.57. The normalized spacial score (nSPS) is 21.4. The highest BCUT2D eigenvalue weighted by atomic mass is 16.6. The van der Waals surface area contributed by atoms with Gasteiger partial charge in [0.15, 0.2) is 6.61 Å². The lowest BCUT2D eigenvalue weighted by atomic mass is 9.78. The second-order valence-corrected chi connectivity index (χ2v) is 9.13. The van der Waals surface area contributed by atoms with Crippen LogP contribution in [-0.2, 0) is 14.3 Å². The van der Waals surface area contributed by atoms with Crippen LogP contribution in [0.2, 0.25) is 0 Å². The number of hydrogen-bond donors (Lipinski definition) is 1. The highest BCUT2D eigenvalue weighted by Gasteiger charge is 2.35. The van der Waals surface area contributed by atoms with E-state index in [1.54, 1.807) is 39.0 Å². The summed E-state index contributed by atoms with van der Waals surface area (Å²) in [5, 5.41) is 2.60. The van der Waals surface area contributed by atoms with Gasteiger partial charge in [0.25, 0.3) is 5.91 Å². The van der Waals surface area contributed by atoms with E-state index in [4.69, 9.17) is 9.47 Å². The molecule has 2 amide bonds. The lowest BCUT2D eigenvalue weighted by Gasteiger charge is -2.44. The molecule has 7 heteroatoms. The van der Waals surface area contributed by atoms with Crippen LogP contribution in [0, 0.1) is 5.92 Å². The van der Waals surface area contributed by atoms with Gasteiger partial charge in [0, 0.05) is 18.3 Å². The third-order valence-electron chi connectivity index (χ3n) is 5.63. The second kappa shape index (κ2) is 9.49. The quantitative estimate of drug-likeness (QED) is 0.737. The fourth-order valence-electron chi connectivity index (χ4n) is 4.37. The number of carbonyl (C=O) groups excluding carboxylic acids is 3. The number of likely N-dealkylation sites (tertiary alicyclic amines) is 1. The number of carbonyl (C=O) groups is 3. The minimum absolute atomic E-state index is 0.122. The van der Waals surface area contributed by atoms with E-state index in [1.165, 1.54) is 25.3 Å². The number of hydrogen-bond acceptors (Lipinski definition) is 5. The summed E-state index contributed by atoms with van der Waals surface area (Å²) < 4.78 is 10.5. The van der Waals surface area contributed by atoms with Gasteiger partial charge >= 0.3 is 12.1 Å². The van der Waals surface area contributed by atoms with E-state index < -0.39 is 17.7 Å². The number of nitrogens with one attached hydrogen (secondary N) is 1. The lowest BCUT2D eigenvalue weighted by Crippen LogP contribution is -2.50. The molecular formula is C23H32N2O5. The fraction of sp³-hybridized carbons (Fsp3) is 0.609. The van der Waals surface area contributed by atoms with E-state index >= 15 is 0 Å². The minimum Gasteiger partial charge on any atom is -0.452 e. The van der Waals surface area contributed by atoms with Gasteiger partial charge in [-0.25, -0.2) is 9.59 Å². The summed E-state index contributed by atoms with van der Waals surface area (Å²) in [4.78, 5) is 39.0. The van der Waals surface area contributed by atoms with E-state index in [-0.39, 0.29) is 18.1 Å². The zero-order valence-corrected chi connectivity index (χ0v) is 18.1. The molecule has 0 radical (unpaired) electrons. The number of fused-ring (bicyclic) bond motifs is 1. The Balaban J connectivity index is 1.54. The van der Waals surface area contributed by atoms with E-state index in [1.807, 2.05) is 4.90 Å². The monoisotopic (exact) mass is 416 g/mol. The van der Waals surface area contributed by atoms with Crippen LogP contribution >= 0.6 is 0 Å². The number of amides is 2. The Morgan fingerprint density at radius 1 is 1.10 bits per heavy atom. The third-order valence-corrected chi connectivity index (χ3v) is 5.63. The Morgan fingerprint density at radius 3 is 2.60 bits per heavy atom. The molecule has 1 aliphatic heterocycles. The number of nitrogens with zero attached hydrogens (tertiary/aromatic N) is 1. The summed E-state index contributed by atoms with van der Waals surface area (Å²) in [5.41, 5.74) is 0.0731. The van der Waals surface area contributed by atoms with Gasteiger partial charge in [-0.15, -0.1) is 0 Å². The summed E-state index contributed by atoms with van der Waals surface area (Å²) in [6, 6.07) is 6.69. The molecule has 0 aromatic heterocycles. The summed E-state index contributed by atoms with van der Waals surface area (Å²) in [7, 11) is 0. The number of esters is 1. The summed E-state index contributed by atoms with van der Waals surface area (Å²) in [6.45, 7) is 5.80. The standard InChI is InChI=1S/C23H32N2O5/c1-23(2,3)30-22(28)24-18-11-6-9-17(14-18)21(27)29-15-20(26)25-13-7-10-16-8-4-5-12-19(16)25/h6,9,11,14,16,19H,4-5,7-8,10,12-13,15H2,1-3H3,(H,24,28)/t16-,19+/m1/s1. The first kappa shape index (κ1) is 22.1. The van der Waals surface area contributed by atoms with Gasteiger partial charge in [0.05, 0.1) is 5.56 Å². The molecule has 0 bridgehead atoms. The predicted octanol–water partition coefficient (Wildman–Crippen LogP) is 4.37. The minimum atomic E-state index is -0.618. The van der Waals surface area contributed by atoms with Crippen molar-refractivity contribution in [3.63, 3.8) is 0 Å². The molecular weight excluding hydrogens is 384 g/mol. The fourth-order valence-corrected chi connectivity index (χ4v) is 4.37. The predicted molar refractivity (Wildman–Crippen MR) is 113 cm³/mol. The SMILES string of the molecule is CC(C)(C)OC(=O)Nc1cccc(C(=O)OCC(=O)N2CCC[C@H]3CCCC[C@@H]32)c1. The first-order chi connectivity index (χ1) is 14.2. The Morgan fingerprint density at radius 2 is 1.83 bits per heavy atom. The number of benzene rings is 1. The van der Waals surface area contributed by atoms with Crippen molar-refractivity contribution >= 4 is 23.7 Å². The lowest BCUT2D eigenvalue weighted by molar-refractivity contribution is -0.140. The van der Waals surface area contributed by atoms with Crippen LogP contribution in [0.5, 0.6) is 0 Å². The van der Waals surface area contributed by atoms with Crippen LogP contribution in [0.3, 0.4) is 0 Å². The maximum atomic E-state index is 12.7.